The number of thiophene rings is 1. The molecule has 1 atom stereocenters. The maximum absolute atomic E-state index is 12.2. The van der Waals surface area contributed by atoms with E-state index in [0.29, 0.717) is 19.5 Å². The van der Waals surface area contributed by atoms with Crippen molar-refractivity contribution in [2.75, 3.05) is 39.8 Å². The number of piperazine rings is 1. The molecule has 1 fully saturated rings. The van der Waals surface area contributed by atoms with E-state index in [0.717, 1.165) is 26.2 Å². The Bertz CT molecular complexity index is 605. The van der Waals surface area contributed by atoms with E-state index in [4.69, 9.17) is 0 Å². The maximum Gasteiger partial charge on any atom is 0.221 e. The first-order chi connectivity index (χ1) is 11.7. The van der Waals surface area contributed by atoms with E-state index >= 15 is 0 Å². The molecule has 7 heteroatoms. The van der Waals surface area contributed by atoms with E-state index in [1.54, 1.807) is 22.2 Å². The molecule has 130 valence electrons. The second kappa shape index (κ2) is 8.41. The lowest BCUT2D eigenvalue weighted by atomic mass is 10.1. The molecule has 1 aliphatic heterocycles. The van der Waals surface area contributed by atoms with Crippen molar-refractivity contribution in [3.8, 4) is 0 Å². The van der Waals surface area contributed by atoms with E-state index in [1.807, 2.05) is 12.3 Å². The summed E-state index contributed by atoms with van der Waals surface area (Å²) in [5.74, 6) is 0.0844. The van der Waals surface area contributed by atoms with Crippen molar-refractivity contribution >= 4 is 17.2 Å². The molecule has 1 N–H and O–H groups in total. The van der Waals surface area contributed by atoms with Gasteiger partial charge in [0.05, 0.1) is 6.04 Å². The van der Waals surface area contributed by atoms with E-state index < -0.39 is 0 Å². The number of carbonyl (C=O) groups excluding carboxylic acids is 1. The van der Waals surface area contributed by atoms with Crippen LogP contribution in [0.2, 0.25) is 0 Å². The van der Waals surface area contributed by atoms with Crippen LogP contribution in [0.4, 0.5) is 0 Å². The Hall–Kier alpha value is -1.70. The van der Waals surface area contributed by atoms with Gasteiger partial charge in [-0.25, -0.2) is 0 Å². The van der Waals surface area contributed by atoms with Crippen LogP contribution in [0.5, 0.6) is 0 Å². The molecule has 6 nitrogen and oxygen atoms in total. The van der Waals surface area contributed by atoms with Crippen LogP contribution in [0.1, 0.15) is 17.3 Å². The minimum absolute atomic E-state index is 0.0844. The number of nitrogens with zero attached hydrogens (tertiary/aromatic N) is 4. The minimum atomic E-state index is 0.0844. The molecule has 0 saturated carbocycles. The number of likely N-dealkylation sites (N-methyl/N-ethyl adjacent to an activating group) is 1. The standard InChI is InChI=1S/C17H25N5OS/c1-20-9-11-21(12-10-20)15(16-4-2-13-24-16)14-18-17(23)5-8-22-7-3-6-19-22/h2-4,6-7,13,15H,5,8-12,14H2,1H3,(H,18,23)/t15-/m0/s1. The van der Waals surface area contributed by atoms with Gasteiger partial charge < -0.3 is 10.2 Å². The normalized spacial score (nSPS) is 17.7. The van der Waals surface area contributed by atoms with Crippen molar-refractivity contribution < 1.29 is 4.79 Å². The lowest BCUT2D eigenvalue weighted by molar-refractivity contribution is -0.121. The van der Waals surface area contributed by atoms with Gasteiger partial charge in [0.1, 0.15) is 0 Å². The molecule has 0 bridgehead atoms. The Balaban J connectivity index is 1.53. The van der Waals surface area contributed by atoms with E-state index in [1.165, 1.54) is 4.88 Å². The number of aromatic nitrogens is 2. The summed E-state index contributed by atoms with van der Waals surface area (Å²) < 4.78 is 1.79. The number of nitrogens with one attached hydrogen (secondary N) is 1. The van der Waals surface area contributed by atoms with E-state index in [9.17, 15) is 4.79 Å². The van der Waals surface area contributed by atoms with Crippen molar-refractivity contribution in [1.29, 1.82) is 0 Å². The molecule has 1 amide bonds. The fourth-order valence-corrected chi connectivity index (χ4v) is 3.83. The monoisotopic (exact) mass is 347 g/mol. The van der Waals surface area contributed by atoms with Crippen LogP contribution in [0, 0.1) is 0 Å². The molecule has 0 aliphatic carbocycles. The van der Waals surface area contributed by atoms with Crippen molar-refractivity contribution in [1.82, 2.24) is 24.9 Å². The third-order valence-electron chi connectivity index (χ3n) is 4.47. The minimum Gasteiger partial charge on any atom is -0.354 e. The number of aryl methyl sites for hydroxylation is 1. The van der Waals surface area contributed by atoms with Crippen molar-refractivity contribution in [2.45, 2.75) is 19.0 Å². The maximum atomic E-state index is 12.2. The van der Waals surface area contributed by atoms with Crippen molar-refractivity contribution in [3.05, 3.63) is 40.8 Å². The van der Waals surface area contributed by atoms with Gasteiger partial charge in [-0.05, 0) is 24.6 Å². The molecule has 2 aromatic rings. The fraction of sp³-hybridized carbons (Fsp3) is 0.529. The van der Waals surface area contributed by atoms with Gasteiger partial charge in [-0.15, -0.1) is 11.3 Å². The van der Waals surface area contributed by atoms with E-state index in [-0.39, 0.29) is 11.9 Å². The molecular formula is C17H25N5OS. The van der Waals surface area contributed by atoms with Crippen LogP contribution >= 0.6 is 11.3 Å². The molecule has 1 saturated heterocycles. The molecule has 0 aromatic carbocycles. The number of carbonyl (C=O) groups is 1. The van der Waals surface area contributed by atoms with Crippen molar-refractivity contribution in [3.63, 3.8) is 0 Å². The third-order valence-corrected chi connectivity index (χ3v) is 5.44. The number of amides is 1. The second-order valence-corrected chi connectivity index (χ2v) is 7.17. The SMILES string of the molecule is CN1CCN([C@@H](CNC(=O)CCn2cccn2)c2cccs2)CC1. The first-order valence-electron chi connectivity index (χ1n) is 8.42. The zero-order chi connectivity index (χ0) is 16.8. The zero-order valence-electron chi connectivity index (χ0n) is 14.1. The summed E-state index contributed by atoms with van der Waals surface area (Å²) in [6.07, 6.45) is 4.08. The molecule has 0 spiro atoms. The molecular weight excluding hydrogens is 322 g/mol. The summed E-state index contributed by atoms with van der Waals surface area (Å²) in [7, 11) is 2.16. The molecule has 1 aliphatic rings. The Kier molecular flexibility index (Phi) is 6.01. The van der Waals surface area contributed by atoms with E-state index in [2.05, 4.69) is 44.8 Å². The second-order valence-electron chi connectivity index (χ2n) is 6.19. The average Bonchev–Trinajstić information content (AvgIpc) is 3.28. The lowest BCUT2D eigenvalue weighted by Gasteiger charge is -2.37. The largest absolute Gasteiger partial charge is 0.354 e. The van der Waals surface area contributed by atoms with Gasteiger partial charge in [0.25, 0.3) is 0 Å². The van der Waals surface area contributed by atoms with Gasteiger partial charge >= 0.3 is 0 Å². The van der Waals surface area contributed by atoms with Crippen LogP contribution in [-0.4, -0.2) is 65.3 Å². The van der Waals surface area contributed by atoms with Gasteiger partial charge in [-0.3, -0.25) is 14.4 Å². The molecule has 3 rings (SSSR count). The summed E-state index contributed by atoms with van der Waals surface area (Å²) >= 11 is 1.77. The smallest absolute Gasteiger partial charge is 0.221 e. The lowest BCUT2D eigenvalue weighted by Crippen LogP contribution is -2.48. The highest BCUT2D eigenvalue weighted by atomic mass is 32.1. The summed E-state index contributed by atoms with van der Waals surface area (Å²) in [6.45, 7) is 5.54. The van der Waals surface area contributed by atoms with Crippen LogP contribution in [0.3, 0.4) is 0 Å². The number of hydrogen-bond acceptors (Lipinski definition) is 5. The third kappa shape index (κ3) is 4.66. The number of rotatable bonds is 7. The molecule has 0 unspecified atom stereocenters. The summed E-state index contributed by atoms with van der Waals surface area (Å²) in [6, 6.07) is 6.40. The van der Waals surface area contributed by atoms with Gasteiger partial charge in [0, 0.05) is 63.0 Å². The Morgan fingerprint density at radius 2 is 2.17 bits per heavy atom. The predicted molar refractivity (Wildman–Crippen MR) is 96.0 cm³/mol. The fourth-order valence-electron chi connectivity index (χ4n) is 2.97. The van der Waals surface area contributed by atoms with Gasteiger partial charge in [-0.1, -0.05) is 6.07 Å². The van der Waals surface area contributed by atoms with Gasteiger partial charge in [-0.2, -0.15) is 5.10 Å². The quantitative estimate of drug-likeness (QED) is 0.823. The van der Waals surface area contributed by atoms with Crippen LogP contribution < -0.4 is 5.32 Å². The summed E-state index contributed by atoms with van der Waals surface area (Å²) in [5, 5.41) is 9.35. The molecule has 0 radical (unpaired) electrons. The highest BCUT2D eigenvalue weighted by molar-refractivity contribution is 7.10. The van der Waals surface area contributed by atoms with Crippen LogP contribution in [-0.2, 0) is 11.3 Å². The molecule has 2 aromatic heterocycles. The first-order valence-corrected chi connectivity index (χ1v) is 9.30. The zero-order valence-corrected chi connectivity index (χ0v) is 14.9. The highest BCUT2D eigenvalue weighted by Gasteiger charge is 2.24. The number of hydrogen-bond donors (Lipinski definition) is 1. The summed E-state index contributed by atoms with van der Waals surface area (Å²) in [5.41, 5.74) is 0. The Labute approximate surface area is 147 Å². The van der Waals surface area contributed by atoms with Crippen LogP contribution in [0.15, 0.2) is 36.0 Å². The van der Waals surface area contributed by atoms with Crippen LogP contribution in [0.25, 0.3) is 0 Å². The topological polar surface area (TPSA) is 53.4 Å². The first kappa shape index (κ1) is 17.1. The average molecular weight is 347 g/mol. The molecule has 3 heterocycles. The van der Waals surface area contributed by atoms with Gasteiger partial charge in [0.15, 0.2) is 0 Å². The molecule has 24 heavy (non-hydrogen) atoms. The Morgan fingerprint density at radius 3 is 2.83 bits per heavy atom. The van der Waals surface area contributed by atoms with Gasteiger partial charge in [0.2, 0.25) is 5.91 Å². The predicted octanol–water partition coefficient (Wildman–Crippen LogP) is 1.44. The summed E-state index contributed by atoms with van der Waals surface area (Å²) in [4.78, 5) is 18.3. The van der Waals surface area contributed by atoms with Crippen molar-refractivity contribution in [2.24, 2.45) is 0 Å². The highest BCUT2D eigenvalue weighted by Crippen LogP contribution is 2.25. The Morgan fingerprint density at radius 1 is 1.33 bits per heavy atom.